The van der Waals surface area contributed by atoms with Crippen LogP contribution in [0.25, 0.3) is 0 Å². The fraction of sp³-hybridized carbons (Fsp3) is 0.529. The quantitative estimate of drug-likeness (QED) is 0.513. The highest BCUT2D eigenvalue weighted by Crippen LogP contribution is 2.22. The Kier molecular flexibility index (Phi) is 8.17. The van der Waals surface area contributed by atoms with Crippen LogP contribution in [0, 0.1) is 0 Å². The molecule has 0 bridgehead atoms. The summed E-state index contributed by atoms with van der Waals surface area (Å²) >= 11 is 0. The molecule has 0 saturated carbocycles. The van der Waals surface area contributed by atoms with Crippen LogP contribution < -0.4 is 0 Å². The molecule has 0 aromatic heterocycles. The van der Waals surface area contributed by atoms with Crippen LogP contribution in [0.2, 0.25) is 0 Å². The summed E-state index contributed by atoms with van der Waals surface area (Å²) in [7, 11) is 0. The van der Waals surface area contributed by atoms with Crippen molar-refractivity contribution in [1.82, 2.24) is 0 Å². The third-order valence-corrected chi connectivity index (χ3v) is 3.09. The van der Waals surface area contributed by atoms with Crippen LogP contribution in [-0.2, 0) is 19.1 Å². The van der Waals surface area contributed by atoms with E-state index in [4.69, 9.17) is 9.47 Å². The van der Waals surface area contributed by atoms with Crippen molar-refractivity contribution in [2.75, 3.05) is 6.61 Å². The summed E-state index contributed by atoms with van der Waals surface area (Å²) in [5, 5.41) is 0. The van der Waals surface area contributed by atoms with Crippen LogP contribution in [-0.4, -0.2) is 18.5 Å². The predicted molar refractivity (Wildman–Crippen MR) is 80.7 cm³/mol. The lowest BCUT2D eigenvalue weighted by Crippen LogP contribution is -2.16. The summed E-state index contributed by atoms with van der Waals surface area (Å²) < 4.78 is 10.4. The van der Waals surface area contributed by atoms with Gasteiger partial charge in [0, 0.05) is 6.42 Å². The molecule has 21 heavy (non-hydrogen) atoms. The van der Waals surface area contributed by atoms with Gasteiger partial charge in [-0.2, -0.15) is 0 Å². The van der Waals surface area contributed by atoms with Crippen molar-refractivity contribution < 1.29 is 19.1 Å². The first kappa shape index (κ1) is 17.2. The topological polar surface area (TPSA) is 52.6 Å². The van der Waals surface area contributed by atoms with Gasteiger partial charge in [-0.05, 0) is 18.9 Å². The van der Waals surface area contributed by atoms with Gasteiger partial charge in [0.1, 0.15) is 6.10 Å². The van der Waals surface area contributed by atoms with E-state index < -0.39 is 6.10 Å². The second-order valence-electron chi connectivity index (χ2n) is 4.86. The number of carbonyl (C=O) groups is 2. The van der Waals surface area contributed by atoms with Gasteiger partial charge >= 0.3 is 11.9 Å². The van der Waals surface area contributed by atoms with Crippen LogP contribution in [0.4, 0.5) is 0 Å². The third kappa shape index (κ3) is 6.93. The number of hydrogen-bond donors (Lipinski definition) is 0. The lowest BCUT2D eigenvalue weighted by Gasteiger charge is -2.17. The molecule has 1 atom stereocenters. The third-order valence-electron chi connectivity index (χ3n) is 3.09. The highest BCUT2D eigenvalue weighted by atomic mass is 16.6. The normalized spacial score (nSPS) is 11.7. The van der Waals surface area contributed by atoms with E-state index in [9.17, 15) is 9.59 Å². The number of benzene rings is 1. The summed E-state index contributed by atoms with van der Waals surface area (Å²) in [6.07, 6.45) is 2.74. The number of esters is 2. The minimum absolute atomic E-state index is 0.0529. The molecule has 0 N–H and O–H groups in total. The smallest absolute Gasteiger partial charge is 0.309 e. The van der Waals surface area contributed by atoms with Crippen LogP contribution >= 0.6 is 0 Å². The van der Waals surface area contributed by atoms with Gasteiger partial charge in [-0.3, -0.25) is 9.59 Å². The Morgan fingerprint density at radius 1 is 1.05 bits per heavy atom. The van der Waals surface area contributed by atoms with Gasteiger partial charge in [-0.1, -0.05) is 50.1 Å². The van der Waals surface area contributed by atoms with Gasteiger partial charge in [-0.15, -0.1) is 0 Å². The zero-order valence-corrected chi connectivity index (χ0v) is 12.8. The maximum Gasteiger partial charge on any atom is 0.309 e. The number of rotatable bonds is 9. The van der Waals surface area contributed by atoms with Gasteiger partial charge in [0.25, 0.3) is 0 Å². The largest absolute Gasteiger partial charge is 0.466 e. The van der Waals surface area contributed by atoms with Crippen molar-refractivity contribution in [3.63, 3.8) is 0 Å². The van der Waals surface area contributed by atoms with E-state index in [-0.39, 0.29) is 18.4 Å². The molecule has 0 fully saturated rings. The van der Waals surface area contributed by atoms with E-state index in [1.807, 2.05) is 30.3 Å². The lowest BCUT2D eigenvalue weighted by molar-refractivity contribution is -0.155. The van der Waals surface area contributed by atoms with E-state index in [0.29, 0.717) is 13.0 Å². The van der Waals surface area contributed by atoms with Gasteiger partial charge in [0.05, 0.1) is 13.0 Å². The molecule has 0 aliphatic carbocycles. The first-order valence-corrected chi connectivity index (χ1v) is 7.57. The number of unbranched alkanes of at least 4 members (excludes halogenated alkanes) is 2. The molecule has 0 heterocycles. The molecule has 0 amide bonds. The van der Waals surface area contributed by atoms with Gasteiger partial charge in [0.2, 0.25) is 0 Å². The molecule has 4 nitrogen and oxygen atoms in total. The first-order valence-electron chi connectivity index (χ1n) is 7.57. The molecule has 0 aliphatic heterocycles. The minimum Gasteiger partial charge on any atom is -0.466 e. The number of carbonyl (C=O) groups excluding carboxylic acids is 2. The Morgan fingerprint density at radius 3 is 2.38 bits per heavy atom. The molecule has 0 aliphatic rings. The number of hydrogen-bond acceptors (Lipinski definition) is 4. The first-order chi connectivity index (χ1) is 10.2. The molecular formula is C17H24O4. The molecule has 4 heteroatoms. The molecule has 0 radical (unpaired) electrons. The molecular weight excluding hydrogens is 268 g/mol. The fourth-order valence-corrected chi connectivity index (χ4v) is 2.00. The average molecular weight is 292 g/mol. The van der Waals surface area contributed by atoms with Crippen LogP contribution in [0.3, 0.4) is 0 Å². The molecule has 0 spiro atoms. The van der Waals surface area contributed by atoms with Crippen LogP contribution in [0.15, 0.2) is 30.3 Å². The van der Waals surface area contributed by atoms with E-state index in [0.717, 1.165) is 24.8 Å². The van der Waals surface area contributed by atoms with E-state index in [2.05, 4.69) is 6.92 Å². The number of ether oxygens (including phenoxy) is 2. The second kappa shape index (κ2) is 9.97. The van der Waals surface area contributed by atoms with E-state index in [1.54, 1.807) is 6.92 Å². The Balaban J connectivity index is 2.64. The summed E-state index contributed by atoms with van der Waals surface area (Å²) in [6.45, 7) is 4.16. The molecule has 116 valence electrons. The molecule has 1 rings (SSSR count). The fourth-order valence-electron chi connectivity index (χ4n) is 2.00. The van der Waals surface area contributed by atoms with E-state index in [1.165, 1.54) is 0 Å². The average Bonchev–Trinajstić information content (AvgIpc) is 2.48. The van der Waals surface area contributed by atoms with Crippen LogP contribution in [0.5, 0.6) is 0 Å². The van der Waals surface area contributed by atoms with Crippen molar-refractivity contribution >= 4 is 11.9 Å². The zero-order valence-electron chi connectivity index (χ0n) is 12.8. The molecule has 0 saturated heterocycles. The zero-order chi connectivity index (χ0) is 15.5. The summed E-state index contributed by atoms with van der Waals surface area (Å²) in [5.74, 6) is -0.616. The van der Waals surface area contributed by atoms with Crippen molar-refractivity contribution in [3.05, 3.63) is 35.9 Å². The Bertz CT molecular complexity index is 428. The minimum atomic E-state index is -0.570. The van der Waals surface area contributed by atoms with Crippen molar-refractivity contribution in [1.29, 1.82) is 0 Å². The Morgan fingerprint density at radius 2 is 1.76 bits per heavy atom. The highest BCUT2D eigenvalue weighted by molar-refractivity contribution is 5.73. The van der Waals surface area contributed by atoms with Gasteiger partial charge in [0.15, 0.2) is 0 Å². The van der Waals surface area contributed by atoms with Crippen molar-refractivity contribution in [2.24, 2.45) is 0 Å². The Hall–Kier alpha value is -1.84. The van der Waals surface area contributed by atoms with Gasteiger partial charge in [-0.25, -0.2) is 0 Å². The lowest BCUT2D eigenvalue weighted by atomic mass is 10.1. The SMILES string of the molecule is CCCCCC(=O)O[C@H](CC(=O)OCC)c1ccccc1. The summed E-state index contributed by atoms with van der Waals surface area (Å²) in [6, 6.07) is 9.30. The maximum absolute atomic E-state index is 11.9. The van der Waals surface area contributed by atoms with Crippen LogP contribution in [0.1, 0.15) is 57.6 Å². The van der Waals surface area contributed by atoms with E-state index >= 15 is 0 Å². The maximum atomic E-state index is 11.9. The monoisotopic (exact) mass is 292 g/mol. The van der Waals surface area contributed by atoms with Gasteiger partial charge < -0.3 is 9.47 Å². The second-order valence-corrected chi connectivity index (χ2v) is 4.86. The summed E-state index contributed by atoms with van der Waals surface area (Å²) in [5.41, 5.74) is 0.814. The molecule has 0 unspecified atom stereocenters. The summed E-state index contributed by atoms with van der Waals surface area (Å²) in [4.78, 5) is 23.5. The predicted octanol–water partition coefficient (Wildman–Crippen LogP) is 3.80. The van der Waals surface area contributed by atoms with Crippen molar-refractivity contribution in [2.45, 2.75) is 52.1 Å². The van der Waals surface area contributed by atoms with Crippen molar-refractivity contribution in [3.8, 4) is 0 Å². The highest BCUT2D eigenvalue weighted by Gasteiger charge is 2.20. The standard InChI is InChI=1S/C17H24O4/c1-3-5-7-12-16(18)21-15(13-17(19)20-4-2)14-10-8-6-9-11-14/h6,8-11,15H,3-5,7,12-13H2,1-2H3/t15-/m1/s1. The Labute approximate surface area is 126 Å². The molecule has 1 aromatic carbocycles. The molecule has 1 aromatic rings.